The Morgan fingerprint density at radius 1 is 0.466 bits per heavy atom. The summed E-state index contributed by atoms with van der Waals surface area (Å²) in [6.07, 6.45) is -2.77. The fourth-order valence-corrected chi connectivity index (χ4v) is 6.90. The van der Waals surface area contributed by atoms with Gasteiger partial charge >= 0.3 is 35.8 Å². The van der Waals surface area contributed by atoms with E-state index in [1.54, 1.807) is 12.1 Å². The molecule has 16 nitrogen and oxygen atoms in total. The topological polar surface area (TPSA) is 210 Å². The standard InChI is InChI=1S/C42H34O16/c1-51-37(45)21-11-7-19(8-12-21)28-18-27(44)34-30(57-28)16-25(41(49)55-5)32(35(34)42(50)56-6)33-24(40(48)54-4)15-23(39(47)53-3)31-26(43)17-29(58-36(31)33)20-9-13-22(14-10-20)38(46)52-2/h7-16,28-29H,17-18H2,1-6H3. The van der Waals surface area contributed by atoms with Crippen LogP contribution in [0.5, 0.6) is 11.5 Å². The van der Waals surface area contributed by atoms with Crippen molar-refractivity contribution < 1.29 is 76.3 Å². The third-order valence-corrected chi connectivity index (χ3v) is 9.66. The maximum absolute atomic E-state index is 14.2. The van der Waals surface area contributed by atoms with E-state index in [0.717, 1.165) is 40.6 Å². The molecule has 2 heterocycles. The van der Waals surface area contributed by atoms with Crippen molar-refractivity contribution >= 4 is 47.4 Å². The highest BCUT2D eigenvalue weighted by Crippen LogP contribution is 2.51. The first-order chi connectivity index (χ1) is 27.8. The second-order valence-corrected chi connectivity index (χ2v) is 12.8. The van der Waals surface area contributed by atoms with Crippen molar-refractivity contribution in [3.8, 4) is 22.6 Å². The van der Waals surface area contributed by atoms with Gasteiger partial charge in [-0.05, 0) is 47.5 Å². The molecule has 2 aliphatic rings. The quantitative estimate of drug-likeness (QED) is 0.152. The number of methoxy groups -OCH3 is 6. The number of fused-ring (bicyclic) bond motifs is 2. The van der Waals surface area contributed by atoms with Gasteiger partial charge in [0.25, 0.3) is 0 Å². The van der Waals surface area contributed by atoms with E-state index in [0.29, 0.717) is 11.1 Å². The zero-order chi connectivity index (χ0) is 42.0. The first kappa shape index (κ1) is 40.3. The summed E-state index contributed by atoms with van der Waals surface area (Å²) < 4.78 is 42.6. The van der Waals surface area contributed by atoms with Crippen molar-refractivity contribution in [1.82, 2.24) is 0 Å². The first-order valence-electron chi connectivity index (χ1n) is 17.3. The molecule has 298 valence electrons. The Labute approximate surface area is 329 Å². The molecule has 6 rings (SSSR count). The zero-order valence-electron chi connectivity index (χ0n) is 31.9. The lowest BCUT2D eigenvalue weighted by Crippen LogP contribution is -2.28. The number of hydrogen-bond donors (Lipinski definition) is 0. The highest BCUT2D eigenvalue weighted by Gasteiger charge is 2.43. The number of ether oxygens (including phenoxy) is 8. The maximum Gasteiger partial charge on any atom is 0.339 e. The first-order valence-corrected chi connectivity index (χ1v) is 17.3. The van der Waals surface area contributed by atoms with E-state index in [9.17, 15) is 38.4 Å². The normalized spacial score (nSPS) is 15.3. The van der Waals surface area contributed by atoms with Gasteiger partial charge in [0.15, 0.2) is 11.6 Å². The predicted octanol–water partition coefficient (Wildman–Crippen LogP) is 5.49. The number of Topliss-reactive ketones (excluding diaryl/α,β-unsaturated/α-hetero) is 2. The van der Waals surface area contributed by atoms with Crippen LogP contribution < -0.4 is 9.47 Å². The van der Waals surface area contributed by atoms with Gasteiger partial charge in [-0.3, -0.25) is 9.59 Å². The zero-order valence-corrected chi connectivity index (χ0v) is 31.9. The van der Waals surface area contributed by atoms with Crippen LogP contribution in [0, 0.1) is 0 Å². The van der Waals surface area contributed by atoms with Crippen LogP contribution in [0.15, 0.2) is 60.7 Å². The molecule has 0 saturated heterocycles. The third-order valence-electron chi connectivity index (χ3n) is 9.66. The number of esters is 6. The fourth-order valence-electron chi connectivity index (χ4n) is 6.90. The van der Waals surface area contributed by atoms with Crippen LogP contribution in [0.25, 0.3) is 11.1 Å². The smallest absolute Gasteiger partial charge is 0.339 e. The largest absolute Gasteiger partial charge is 0.484 e. The van der Waals surface area contributed by atoms with Crippen LogP contribution in [0.3, 0.4) is 0 Å². The molecule has 0 bridgehead atoms. The number of hydrogen-bond acceptors (Lipinski definition) is 16. The van der Waals surface area contributed by atoms with Crippen molar-refractivity contribution in [2.24, 2.45) is 0 Å². The molecule has 0 fully saturated rings. The Kier molecular flexibility index (Phi) is 11.4. The molecule has 0 saturated carbocycles. The summed E-state index contributed by atoms with van der Waals surface area (Å²) in [5, 5.41) is 0. The molecule has 2 unspecified atom stereocenters. The molecule has 0 spiro atoms. The molecule has 16 heteroatoms. The Morgan fingerprint density at radius 3 is 1.31 bits per heavy atom. The van der Waals surface area contributed by atoms with Gasteiger partial charge in [0.2, 0.25) is 0 Å². The maximum atomic E-state index is 14.2. The van der Waals surface area contributed by atoms with Crippen LogP contribution in [0.1, 0.15) is 119 Å². The lowest BCUT2D eigenvalue weighted by Gasteiger charge is -2.32. The Hall–Kier alpha value is -7.36. The minimum absolute atomic E-state index is 0.197. The van der Waals surface area contributed by atoms with Gasteiger partial charge in [-0.25, -0.2) is 28.8 Å². The lowest BCUT2D eigenvalue weighted by molar-refractivity contribution is 0.0572. The molecule has 4 aromatic rings. The van der Waals surface area contributed by atoms with Gasteiger partial charge in [0.1, 0.15) is 23.7 Å². The minimum atomic E-state index is -1.16. The SMILES string of the molecule is COC(=O)c1ccc(C2CC(=O)c3c(cc(C(=O)OC)c(-c4c(C(=O)OC)cc(C(=O)OC)c5c4OC(c4ccc(C(=O)OC)cc4)CC5=O)c3C(=O)OC)O2)cc1. The van der Waals surface area contributed by atoms with Crippen molar-refractivity contribution in [2.75, 3.05) is 42.7 Å². The molecular weight excluding hydrogens is 760 g/mol. The fraction of sp³-hybridized carbons (Fsp3) is 0.238. The summed E-state index contributed by atoms with van der Waals surface area (Å²) in [7, 11) is 6.60. The molecule has 0 N–H and O–H groups in total. The molecular formula is C42H34O16. The molecule has 58 heavy (non-hydrogen) atoms. The van der Waals surface area contributed by atoms with E-state index < -0.39 is 98.7 Å². The van der Waals surface area contributed by atoms with E-state index >= 15 is 0 Å². The highest BCUT2D eigenvalue weighted by molar-refractivity contribution is 6.20. The van der Waals surface area contributed by atoms with Crippen LogP contribution in [-0.2, 0) is 28.4 Å². The molecule has 0 radical (unpaired) electrons. The minimum Gasteiger partial charge on any atom is -0.484 e. The lowest BCUT2D eigenvalue weighted by atomic mass is 9.80. The van der Waals surface area contributed by atoms with Crippen LogP contribution in [0.4, 0.5) is 0 Å². The van der Waals surface area contributed by atoms with Gasteiger partial charge in [0, 0.05) is 11.1 Å². The average molecular weight is 795 g/mol. The summed E-state index contributed by atoms with van der Waals surface area (Å²) >= 11 is 0. The molecule has 0 aliphatic carbocycles. The number of rotatable bonds is 9. The third kappa shape index (κ3) is 7.11. The van der Waals surface area contributed by atoms with Crippen LogP contribution in [-0.4, -0.2) is 90.0 Å². The monoisotopic (exact) mass is 794 g/mol. The summed E-state index contributed by atoms with van der Waals surface area (Å²) in [6.45, 7) is 0. The summed E-state index contributed by atoms with van der Waals surface area (Å²) in [5.41, 5.74) is -2.11. The van der Waals surface area contributed by atoms with Crippen molar-refractivity contribution in [3.63, 3.8) is 0 Å². The summed E-state index contributed by atoms with van der Waals surface area (Å²) in [6, 6.07) is 14.1. The Balaban J connectivity index is 1.66. The summed E-state index contributed by atoms with van der Waals surface area (Å²) in [5.74, 6) is -7.58. The van der Waals surface area contributed by atoms with Gasteiger partial charge < -0.3 is 37.9 Å². The van der Waals surface area contributed by atoms with E-state index in [4.69, 9.17) is 37.9 Å². The Morgan fingerprint density at radius 2 is 0.862 bits per heavy atom. The molecule has 2 atom stereocenters. The highest BCUT2D eigenvalue weighted by atomic mass is 16.5. The van der Waals surface area contributed by atoms with Crippen molar-refractivity contribution in [1.29, 1.82) is 0 Å². The summed E-state index contributed by atoms with van der Waals surface area (Å²) in [4.78, 5) is 107. The van der Waals surface area contributed by atoms with E-state index in [1.165, 1.54) is 50.6 Å². The van der Waals surface area contributed by atoms with Crippen LogP contribution in [0.2, 0.25) is 0 Å². The number of carbonyl (C=O) groups excluding carboxylic acids is 8. The predicted molar refractivity (Wildman–Crippen MR) is 197 cm³/mol. The second kappa shape index (κ2) is 16.4. The van der Waals surface area contributed by atoms with Gasteiger partial charge in [-0.15, -0.1) is 0 Å². The molecule has 2 aliphatic heterocycles. The van der Waals surface area contributed by atoms with Crippen molar-refractivity contribution in [2.45, 2.75) is 25.0 Å². The average Bonchev–Trinajstić information content (AvgIpc) is 3.26. The van der Waals surface area contributed by atoms with Crippen molar-refractivity contribution in [3.05, 3.63) is 116 Å². The molecule has 4 aromatic carbocycles. The van der Waals surface area contributed by atoms with E-state index in [2.05, 4.69) is 0 Å². The number of carbonyl (C=O) groups is 8. The van der Waals surface area contributed by atoms with Gasteiger partial charge in [-0.1, -0.05) is 24.3 Å². The van der Waals surface area contributed by atoms with Crippen LogP contribution >= 0.6 is 0 Å². The van der Waals surface area contributed by atoms with Gasteiger partial charge in [0.05, 0.1) is 100 Å². The Bertz CT molecular complexity index is 2410. The van der Waals surface area contributed by atoms with Gasteiger partial charge in [-0.2, -0.15) is 0 Å². The number of ketones is 2. The second-order valence-electron chi connectivity index (χ2n) is 12.8. The number of benzene rings is 4. The molecule has 0 aromatic heterocycles. The molecule has 0 amide bonds. The van der Waals surface area contributed by atoms with E-state index in [1.807, 2.05) is 0 Å². The van der Waals surface area contributed by atoms with E-state index in [-0.39, 0.29) is 40.8 Å².